The van der Waals surface area contributed by atoms with Gasteiger partial charge in [-0.05, 0) is 50.1 Å². The van der Waals surface area contributed by atoms with E-state index in [0.717, 1.165) is 19.4 Å². The summed E-state index contributed by atoms with van der Waals surface area (Å²) in [6.07, 6.45) is 2.15. The highest BCUT2D eigenvalue weighted by molar-refractivity contribution is 5.77. The van der Waals surface area contributed by atoms with Gasteiger partial charge in [-0.25, -0.2) is 4.39 Å². The summed E-state index contributed by atoms with van der Waals surface area (Å²) < 4.78 is 18.3. The van der Waals surface area contributed by atoms with Crippen LogP contribution < -0.4 is 4.74 Å². The maximum atomic E-state index is 12.8. The third kappa shape index (κ3) is 6.15. The smallest absolute Gasteiger partial charge is 0.236 e. The van der Waals surface area contributed by atoms with Gasteiger partial charge in [0.15, 0.2) is 0 Å². The number of aliphatic hydroxyl groups excluding tert-OH is 1. The highest BCUT2D eigenvalue weighted by Gasteiger charge is 2.20. The number of ether oxygens (including phenoxy) is 1. The number of halogens is 1. The van der Waals surface area contributed by atoms with Crippen LogP contribution in [0.3, 0.4) is 0 Å². The van der Waals surface area contributed by atoms with Crippen molar-refractivity contribution in [2.45, 2.75) is 25.4 Å². The Morgan fingerprint density at radius 3 is 2.87 bits per heavy atom. The topological polar surface area (TPSA) is 53.0 Å². The Labute approximate surface area is 136 Å². The number of likely N-dealkylation sites (N-methyl/N-ethyl adjacent to an activating group) is 1. The zero-order valence-corrected chi connectivity index (χ0v) is 13.6. The second-order valence-corrected chi connectivity index (χ2v) is 6.00. The average molecular weight is 324 g/mol. The number of benzene rings is 1. The third-order valence-electron chi connectivity index (χ3n) is 3.99. The van der Waals surface area contributed by atoms with E-state index in [1.165, 1.54) is 12.1 Å². The van der Waals surface area contributed by atoms with Crippen LogP contribution in [-0.4, -0.2) is 66.8 Å². The zero-order chi connectivity index (χ0) is 16.7. The van der Waals surface area contributed by atoms with Gasteiger partial charge < -0.3 is 14.7 Å². The number of likely N-dealkylation sites (tertiary alicyclic amines) is 1. The molecule has 1 unspecified atom stereocenters. The fourth-order valence-corrected chi connectivity index (χ4v) is 2.63. The maximum absolute atomic E-state index is 12.8. The van der Waals surface area contributed by atoms with Crippen LogP contribution in [-0.2, 0) is 4.79 Å². The summed E-state index contributed by atoms with van der Waals surface area (Å²) in [6.45, 7) is 2.88. The minimum absolute atomic E-state index is 0.0564. The summed E-state index contributed by atoms with van der Waals surface area (Å²) in [4.78, 5) is 15.8. The Hall–Kier alpha value is -1.66. The van der Waals surface area contributed by atoms with Crippen LogP contribution in [0.15, 0.2) is 24.3 Å². The number of rotatable bonds is 7. The molecule has 23 heavy (non-hydrogen) atoms. The maximum Gasteiger partial charge on any atom is 0.236 e. The van der Waals surface area contributed by atoms with Crippen molar-refractivity contribution in [1.82, 2.24) is 9.80 Å². The van der Waals surface area contributed by atoms with E-state index in [1.807, 2.05) is 4.90 Å². The summed E-state index contributed by atoms with van der Waals surface area (Å²) in [6, 6.07) is 5.90. The SMILES string of the molecule is CN(CCCOc1ccc(F)cc1)C(=O)CN1CCCC(O)C1. The van der Waals surface area contributed by atoms with E-state index in [0.29, 0.717) is 38.4 Å². The first-order valence-corrected chi connectivity index (χ1v) is 8.07. The van der Waals surface area contributed by atoms with Crippen molar-refractivity contribution in [2.75, 3.05) is 39.8 Å². The van der Waals surface area contributed by atoms with Gasteiger partial charge in [0.25, 0.3) is 0 Å². The first kappa shape index (κ1) is 17.7. The minimum atomic E-state index is -0.314. The van der Waals surface area contributed by atoms with Crippen molar-refractivity contribution in [3.05, 3.63) is 30.1 Å². The number of hydrogen-bond donors (Lipinski definition) is 1. The molecule has 1 aromatic carbocycles. The molecule has 1 fully saturated rings. The van der Waals surface area contributed by atoms with E-state index in [-0.39, 0.29) is 17.8 Å². The van der Waals surface area contributed by atoms with Gasteiger partial charge in [0, 0.05) is 20.1 Å². The van der Waals surface area contributed by atoms with Crippen LogP contribution in [0.5, 0.6) is 5.75 Å². The predicted molar refractivity (Wildman–Crippen MR) is 85.8 cm³/mol. The molecule has 2 rings (SSSR count). The number of nitrogens with zero attached hydrogens (tertiary/aromatic N) is 2. The molecule has 0 saturated carbocycles. The quantitative estimate of drug-likeness (QED) is 0.773. The molecule has 1 N–H and O–H groups in total. The average Bonchev–Trinajstić information content (AvgIpc) is 2.53. The zero-order valence-electron chi connectivity index (χ0n) is 13.6. The molecule has 1 aliphatic heterocycles. The Morgan fingerprint density at radius 1 is 1.43 bits per heavy atom. The lowest BCUT2D eigenvalue weighted by Crippen LogP contribution is -2.44. The number of hydrogen-bond acceptors (Lipinski definition) is 4. The van der Waals surface area contributed by atoms with Gasteiger partial charge >= 0.3 is 0 Å². The molecule has 1 aliphatic rings. The van der Waals surface area contributed by atoms with Crippen molar-refractivity contribution in [2.24, 2.45) is 0 Å². The fraction of sp³-hybridized carbons (Fsp3) is 0.588. The van der Waals surface area contributed by atoms with Gasteiger partial charge in [0.05, 0.1) is 19.3 Å². The molecule has 1 atom stereocenters. The second-order valence-electron chi connectivity index (χ2n) is 6.00. The molecular formula is C17H25FN2O3. The number of amides is 1. The first-order chi connectivity index (χ1) is 11.0. The van der Waals surface area contributed by atoms with Gasteiger partial charge in [-0.2, -0.15) is 0 Å². The van der Waals surface area contributed by atoms with Crippen LogP contribution in [0.25, 0.3) is 0 Å². The Bertz CT molecular complexity index is 495. The van der Waals surface area contributed by atoms with Crippen LogP contribution in [0.2, 0.25) is 0 Å². The van der Waals surface area contributed by atoms with Gasteiger partial charge in [-0.1, -0.05) is 0 Å². The van der Waals surface area contributed by atoms with E-state index < -0.39 is 0 Å². The van der Waals surface area contributed by atoms with E-state index in [9.17, 15) is 14.3 Å². The number of piperidine rings is 1. The van der Waals surface area contributed by atoms with Gasteiger partial charge in [-0.15, -0.1) is 0 Å². The molecule has 6 heteroatoms. The first-order valence-electron chi connectivity index (χ1n) is 8.07. The number of carbonyl (C=O) groups excluding carboxylic acids is 1. The molecule has 0 spiro atoms. The normalized spacial score (nSPS) is 18.7. The Balaban J connectivity index is 1.62. The molecule has 0 aromatic heterocycles. The molecule has 1 amide bonds. The minimum Gasteiger partial charge on any atom is -0.494 e. The number of β-amino-alcohol motifs (C(OH)–C–C–N with tert-alkyl or cyclic N) is 1. The van der Waals surface area contributed by atoms with Crippen LogP contribution >= 0.6 is 0 Å². The summed E-state index contributed by atoms with van der Waals surface area (Å²) in [5, 5.41) is 9.62. The summed E-state index contributed by atoms with van der Waals surface area (Å²) in [7, 11) is 1.78. The van der Waals surface area contributed by atoms with E-state index in [1.54, 1.807) is 24.1 Å². The van der Waals surface area contributed by atoms with Crippen LogP contribution in [0.1, 0.15) is 19.3 Å². The Kier molecular flexibility index (Phi) is 6.80. The van der Waals surface area contributed by atoms with Crippen molar-refractivity contribution in [3.63, 3.8) is 0 Å². The summed E-state index contributed by atoms with van der Waals surface area (Å²) in [5.41, 5.74) is 0. The number of aliphatic hydroxyl groups is 1. The lowest BCUT2D eigenvalue weighted by molar-refractivity contribution is -0.131. The van der Waals surface area contributed by atoms with Crippen molar-refractivity contribution >= 4 is 5.91 Å². The number of carbonyl (C=O) groups is 1. The summed E-state index contributed by atoms with van der Waals surface area (Å²) >= 11 is 0. The standard InChI is InChI=1S/C17H25FN2O3/c1-19(17(22)13-20-10-2-4-15(21)12-20)9-3-11-23-16-7-5-14(18)6-8-16/h5-8,15,21H,2-4,9-13H2,1H3. The molecule has 0 radical (unpaired) electrons. The van der Waals surface area contributed by atoms with E-state index in [4.69, 9.17) is 4.74 Å². The van der Waals surface area contributed by atoms with Gasteiger partial charge in [0.1, 0.15) is 11.6 Å². The molecule has 0 bridgehead atoms. The molecule has 5 nitrogen and oxygen atoms in total. The van der Waals surface area contributed by atoms with E-state index in [2.05, 4.69) is 0 Å². The molecule has 1 aromatic rings. The molecular weight excluding hydrogens is 299 g/mol. The van der Waals surface area contributed by atoms with Gasteiger partial charge in [0.2, 0.25) is 5.91 Å². The molecule has 1 saturated heterocycles. The summed E-state index contributed by atoms with van der Waals surface area (Å²) in [5.74, 6) is 0.397. The largest absolute Gasteiger partial charge is 0.494 e. The highest BCUT2D eigenvalue weighted by Crippen LogP contribution is 2.12. The van der Waals surface area contributed by atoms with Crippen LogP contribution in [0.4, 0.5) is 4.39 Å². The highest BCUT2D eigenvalue weighted by atomic mass is 19.1. The lowest BCUT2D eigenvalue weighted by atomic mass is 10.1. The van der Waals surface area contributed by atoms with Crippen molar-refractivity contribution in [1.29, 1.82) is 0 Å². The monoisotopic (exact) mass is 324 g/mol. The molecule has 128 valence electrons. The molecule has 1 heterocycles. The van der Waals surface area contributed by atoms with Crippen LogP contribution in [0, 0.1) is 5.82 Å². The second kappa shape index (κ2) is 8.84. The Morgan fingerprint density at radius 2 is 2.17 bits per heavy atom. The van der Waals surface area contributed by atoms with E-state index >= 15 is 0 Å². The predicted octanol–water partition coefficient (Wildman–Crippen LogP) is 1.51. The van der Waals surface area contributed by atoms with Gasteiger partial charge in [-0.3, -0.25) is 9.69 Å². The van der Waals surface area contributed by atoms with Crippen molar-refractivity contribution < 1.29 is 19.0 Å². The fourth-order valence-electron chi connectivity index (χ4n) is 2.63. The third-order valence-corrected chi connectivity index (χ3v) is 3.99. The lowest BCUT2D eigenvalue weighted by Gasteiger charge is -2.30. The molecule has 0 aliphatic carbocycles. The van der Waals surface area contributed by atoms with Crippen molar-refractivity contribution in [3.8, 4) is 5.75 Å².